The van der Waals surface area contributed by atoms with Crippen LogP contribution in [0.1, 0.15) is 30.0 Å². The monoisotopic (exact) mass is 263 g/mol. The van der Waals surface area contributed by atoms with E-state index in [2.05, 4.69) is 15.3 Å². The second kappa shape index (κ2) is 5.17. The summed E-state index contributed by atoms with van der Waals surface area (Å²) in [6.45, 7) is 5.78. The number of aryl methyl sites for hydroxylation is 2. The van der Waals surface area contributed by atoms with Crippen molar-refractivity contribution in [1.29, 1.82) is 0 Å². The maximum absolute atomic E-state index is 11.6. The number of nitrogens with zero attached hydrogens (tertiary/aromatic N) is 1. The van der Waals surface area contributed by atoms with E-state index in [0.717, 1.165) is 17.1 Å². The zero-order valence-corrected chi connectivity index (χ0v) is 11.4. The van der Waals surface area contributed by atoms with Gasteiger partial charge in [0.15, 0.2) is 5.82 Å². The third-order valence-electron chi connectivity index (χ3n) is 2.91. The maximum Gasteiger partial charge on any atom is 0.295 e. The smallest absolute Gasteiger partial charge is 0.295 e. The average Bonchev–Trinajstić information content (AvgIpc) is 2.69. The van der Waals surface area contributed by atoms with Gasteiger partial charge in [0.2, 0.25) is 5.75 Å². The zero-order valence-electron chi connectivity index (χ0n) is 11.4. The highest BCUT2D eigenvalue weighted by Gasteiger charge is 2.16. The summed E-state index contributed by atoms with van der Waals surface area (Å²) in [5, 5.41) is 3.16. The molecule has 0 bridgehead atoms. The Labute approximate surface area is 110 Å². The Balaban J connectivity index is 2.29. The van der Waals surface area contributed by atoms with E-state index in [0.29, 0.717) is 5.82 Å². The number of anilines is 1. The van der Waals surface area contributed by atoms with Gasteiger partial charge in [-0.25, -0.2) is 4.98 Å². The molecule has 2 aromatic rings. The summed E-state index contributed by atoms with van der Waals surface area (Å²) in [6, 6.07) is 1.92. The molecule has 6 heteroatoms. The van der Waals surface area contributed by atoms with Gasteiger partial charge in [-0.1, -0.05) is 0 Å². The largest absolute Gasteiger partial charge is 0.489 e. The minimum absolute atomic E-state index is 0.0411. The Morgan fingerprint density at radius 2 is 2.21 bits per heavy atom. The molecular formula is C13H17N3O3. The molecule has 2 heterocycles. The molecule has 0 aliphatic rings. The van der Waals surface area contributed by atoms with Crippen LogP contribution in [0, 0.1) is 13.8 Å². The van der Waals surface area contributed by atoms with Gasteiger partial charge in [0.05, 0.1) is 19.5 Å². The molecule has 0 radical (unpaired) electrons. The molecule has 1 unspecified atom stereocenters. The predicted molar refractivity (Wildman–Crippen MR) is 71.6 cm³/mol. The van der Waals surface area contributed by atoms with Crippen molar-refractivity contribution in [2.45, 2.75) is 26.8 Å². The van der Waals surface area contributed by atoms with Crippen LogP contribution in [0.15, 0.2) is 21.6 Å². The Morgan fingerprint density at radius 3 is 2.79 bits per heavy atom. The maximum atomic E-state index is 11.6. The van der Waals surface area contributed by atoms with Gasteiger partial charge in [-0.15, -0.1) is 0 Å². The van der Waals surface area contributed by atoms with Crippen molar-refractivity contribution in [2.75, 3.05) is 12.4 Å². The standard InChI is InChI=1S/C13H17N3O3/c1-7-5-10(9(3)19-7)8(2)16-12-11(18-4)13(17)15-6-14-12/h5-6,8H,1-4H3,(H2,14,15,16,17). The van der Waals surface area contributed by atoms with Crippen molar-refractivity contribution in [3.05, 3.63) is 39.8 Å². The number of aromatic nitrogens is 2. The van der Waals surface area contributed by atoms with Crippen molar-refractivity contribution in [1.82, 2.24) is 9.97 Å². The van der Waals surface area contributed by atoms with Gasteiger partial charge in [0.1, 0.15) is 11.5 Å². The number of hydrogen-bond acceptors (Lipinski definition) is 5. The molecule has 6 nitrogen and oxygen atoms in total. The number of nitrogens with one attached hydrogen (secondary N) is 2. The number of methoxy groups -OCH3 is 1. The highest BCUT2D eigenvalue weighted by atomic mass is 16.5. The SMILES string of the molecule is COc1c(NC(C)c2cc(C)oc2C)nc[nH]c1=O. The van der Waals surface area contributed by atoms with Crippen molar-refractivity contribution >= 4 is 5.82 Å². The molecule has 2 aromatic heterocycles. The first kappa shape index (κ1) is 13.2. The number of hydrogen-bond donors (Lipinski definition) is 2. The van der Waals surface area contributed by atoms with Crippen LogP contribution in [0.25, 0.3) is 0 Å². The van der Waals surface area contributed by atoms with Gasteiger partial charge in [-0.05, 0) is 26.8 Å². The van der Waals surface area contributed by atoms with Crippen LogP contribution in [0.2, 0.25) is 0 Å². The first-order chi connectivity index (χ1) is 9.02. The van der Waals surface area contributed by atoms with E-state index in [1.54, 1.807) is 0 Å². The molecule has 0 saturated carbocycles. The molecule has 102 valence electrons. The van der Waals surface area contributed by atoms with Gasteiger partial charge in [0.25, 0.3) is 5.56 Å². The number of aromatic amines is 1. The highest BCUT2D eigenvalue weighted by molar-refractivity contribution is 5.49. The van der Waals surface area contributed by atoms with E-state index < -0.39 is 0 Å². The van der Waals surface area contributed by atoms with Crippen molar-refractivity contribution < 1.29 is 9.15 Å². The van der Waals surface area contributed by atoms with Gasteiger partial charge >= 0.3 is 0 Å². The van der Waals surface area contributed by atoms with Crippen molar-refractivity contribution in [2.24, 2.45) is 0 Å². The minimum atomic E-state index is -0.313. The molecule has 0 aliphatic carbocycles. The van der Waals surface area contributed by atoms with Crippen LogP contribution in [0.4, 0.5) is 5.82 Å². The second-order valence-corrected chi connectivity index (χ2v) is 4.35. The predicted octanol–water partition coefficient (Wildman–Crippen LogP) is 2.16. The summed E-state index contributed by atoms with van der Waals surface area (Å²) in [7, 11) is 1.44. The van der Waals surface area contributed by atoms with Crippen LogP contribution in [-0.4, -0.2) is 17.1 Å². The van der Waals surface area contributed by atoms with E-state index in [-0.39, 0.29) is 17.4 Å². The van der Waals surface area contributed by atoms with E-state index in [1.165, 1.54) is 13.4 Å². The van der Waals surface area contributed by atoms with Crippen molar-refractivity contribution in [3.63, 3.8) is 0 Å². The Morgan fingerprint density at radius 1 is 1.47 bits per heavy atom. The lowest BCUT2D eigenvalue weighted by molar-refractivity contribution is 0.407. The quantitative estimate of drug-likeness (QED) is 0.883. The molecule has 1 atom stereocenters. The van der Waals surface area contributed by atoms with Gasteiger partial charge in [0, 0.05) is 5.56 Å². The molecule has 0 saturated heterocycles. The second-order valence-electron chi connectivity index (χ2n) is 4.35. The number of ether oxygens (including phenoxy) is 1. The number of furan rings is 1. The van der Waals surface area contributed by atoms with Gasteiger partial charge in [-0.2, -0.15) is 0 Å². The summed E-state index contributed by atoms with van der Waals surface area (Å²) in [4.78, 5) is 18.1. The fraction of sp³-hybridized carbons (Fsp3) is 0.385. The number of rotatable bonds is 4. The lowest BCUT2D eigenvalue weighted by Gasteiger charge is -2.15. The molecular weight excluding hydrogens is 246 g/mol. The Kier molecular flexibility index (Phi) is 3.59. The molecule has 2 rings (SSSR count). The van der Waals surface area contributed by atoms with Crippen LogP contribution in [0.3, 0.4) is 0 Å². The van der Waals surface area contributed by atoms with Crippen LogP contribution in [0.5, 0.6) is 5.75 Å². The summed E-state index contributed by atoms with van der Waals surface area (Å²) in [6.07, 6.45) is 1.34. The topological polar surface area (TPSA) is 80.2 Å². The first-order valence-electron chi connectivity index (χ1n) is 5.98. The van der Waals surface area contributed by atoms with Crippen LogP contribution >= 0.6 is 0 Å². The number of H-pyrrole nitrogens is 1. The highest BCUT2D eigenvalue weighted by Crippen LogP contribution is 2.26. The average molecular weight is 263 g/mol. The summed E-state index contributed by atoms with van der Waals surface area (Å²) < 4.78 is 10.6. The molecule has 0 spiro atoms. The molecule has 0 aliphatic heterocycles. The lowest BCUT2D eigenvalue weighted by atomic mass is 10.1. The third kappa shape index (κ3) is 2.62. The fourth-order valence-electron chi connectivity index (χ4n) is 2.04. The summed E-state index contributed by atoms with van der Waals surface area (Å²) in [5.74, 6) is 2.29. The third-order valence-corrected chi connectivity index (χ3v) is 2.91. The fourth-order valence-corrected chi connectivity index (χ4v) is 2.04. The van der Waals surface area contributed by atoms with Crippen LogP contribution < -0.4 is 15.6 Å². The zero-order chi connectivity index (χ0) is 14.0. The van der Waals surface area contributed by atoms with E-state index >= 15 is 0 Å². The minimum Gasteiger partial charge on any atom is -0.489 e. The molecule has 0 aromatic carbocycles. The van der Waals surface area contributed by atoms with E-state index in [4.69, 9.17) is 9.15 Å². The van der Waals surface area contributed by atoms with Gasteiger partial charge in [-0.3, -0.25) is 4.79 Å². The van der Waals surface area contributed by atoms with Crippen LogP contribution in [-0.2, 0) is 0 Å². The van der Waals surface area contributed by atoms with E-state index in [1.807, 2.05) is 26.8 Å². The molecule has 0 amide bonds. The Hall–Kier alpha value is -2.24. The first-order valence-corrected chi connectivity index (χ1v) is 5.98. The molecule has 19 heavy (non-hydrogen) atoms. The lowest BCUT2D eigenvalue weighted by Crippen LogP contribution is -2.16. The molecule has 2 N–H and O–H groups in total. The summed E-state index contributed by atoms with van der Waals surface area (Å²) >= 11 is 0. The van der Waals surface area contributed by atoms with E-state index in [9.17, 15) is 4.79 Å². The van der Waals surface area contributed by atoms with Gasteiger partial charge < -0.3 is 19.5 Å². The Bertz CT molecular complexity index is 630. The molecule has 0 fully saturated rings. The van der Waals surface area contributed by atoms with Crippen molar-refractivity contribution in [3.8, 4) is 5.75 Å². The summed E-state index contributed by atoms with van der Waals surface area (Å²) in [5.41, 5.74) is 0.717. The normalized spacial score (nSPS) is 12.2.